The zero-order valence-corrected chi connectivity index (χ0v) is 12.4. The van der Waals surface area contributed by atoms with E-state index in [-0.39, 0.29) is 11.4 Å². The molecule has 5 heteroatoms. The number of carbonyl (C=O) groups excluding carboxylic acids is 1. The molecule has 19 heavy (non-hydrogen) atoms. The highest BCUT2D eigenvalue weighted by molar-refractivity contribution is 5.82. The highest BCUT2D eigenvalue weighted by Crippen LogP contribution is 2.34. The zero-order chi connectivity index (χ0) is 14.6. The minimum atomic E-state index is -1.00. The van der Waals surface area contributed by atoms with Crippen molar-refractivity contribution in [3.63, 3.8) is 0 Å². The SMILES string of the molecule is C[C@H](NC(=O)N1CCCC(C(C)(C)C)CC1)C(=O)O. The first-order valence-electron chi connectivity index (χ1n) is 7.00. The fraction of sp³-hybridized carbons (Fsp3) is 0.857. The largest absolute Gasteiger partial charge is 0.480 e. The second-order valence-electron chi connectivity index (χ2n) is 6.49. The highest BCUT2D eigenvalue weighted by atomic mass is 16.4. The summed E-state index contributed by atoms with van der Waals surface area (Å²) in [6.07, 6.45) is 3.09. The van der Waals surface area contributed by atoms with Crippen LogP contribution in [0, 0.1) is 11.3 Å². The molecule has 1 aliphatic rings. The maximum atomic E-state index is 12.0. The lowest BCUT2D eigenvalue weighted by atomic mass is 9.77. The summed E-state index contributed by atoms with van der Waals surface area (Å²) in [7, 11) is 0. The van der Waals surface area contributed by atoms with E-state index in [9.17, 15) is 9.59 Å². The van der Waals surface area contributed by atoms with Gasteiger partial charge in [0.2, 0.25) is 0 Å². The summed E-state index contributed by atoms with van der Waals surface area (Å²) in [5.74, 6) is -0.391. The summed E-state index contributed by atoms with van der Waals surface area (Å²) in [5, 5.41) is 11.3. The van der Waals surface area contributed by atoms with Gasteiger partial charge in [-0.3, -0.25) is 4.79 Å². The van der Waals surface area contributed by atoms with Gasteiger partial charge in [-0.15, -0.1) is 0 Å². The van der Waals surface area contributed by atoms with Crippen molar-refractivity contribution < 1.29 is 14.7 Å². The first-order valence-corrected chi connectivity index (χ1v) is 7.00. The molecule has 110 valence electrons. The van der Waals surface area contributed by atoms with Gasteiger partial charge >= 0.3 is 12.0 Å². The van der Waals surface area contributed by atoms with Gasteiger partial charge in [-0.2, -0.15) is 0 Å². The molecule has 5 nitrogen and oxygen atoms in total. The molecule has 0 saturated carbocycles. The topological polar surface area (TPSA) is 69.6 Å². The molecule has 0 spiro atoms. The number of rotatable bonds is 2. The summed E-state index contributed by atoms with van der Waals surface area (Å²) >= 11 is 0. The standard InChI is InChI=1S/C14H26N2O3/c1-10(12(17)18)15-13(19)16-8-5-6-11(7-9-16)14(2,3)4/h10-11H,5-9H2,1-4H3,(H,15,19)(H,17,18)/t10-,11?/m0/s1. The molecule has 2 atom stereocenters. The van der Waals surface area contributed by atoms with Crippen molar-refractivity contribution in [2.75, 3.05) is 13.1 Å². The fourth-order valence-corrected chi connectivity index (χ4v) is 2.50. The van der Waals surface area contributed by atoms with Crippen LogP contribution in [0.15, 0.2) is 0 Å². The second kappa shape index (κ2) is 6.26. The van der Waals surface area contributed by atoms with E-state index in [0.717, 1.165) is 19.3 Å². The average molecular weight is 270 g/mol. The Kier molecular flexibility index (Phi) is 5.20. The van der Waals surface area contributed by atoms with Crippen LogP contribution in [0.2, 0.25) is 0 Å². The first-order chi connectivity index (χ1) is 8.71. The molecule has 1 heterocycles. The Hall–Kier alpha value is -1.26. The lowest BCUT2D eigenvalue weighted by Gasteiger charge is -2.29. The van der Waals surface area contributed by atoms with Crippen molar-refractivity contribution in [3.8, 4) is 0 Å². The molecule has 1 aliphatic heterocycles. The summed E-state index contributed by atoms with van der Waals surface area (Å²) < 4.78 is 0. The molecule has 1 saturated heterocycles. The lowest BCUT2D eigenvalue weighted by molar-refractivity contribution is -0.138. The van der Waals surface area contributed by atoms with Crippen molar-refractivity contribution in [2.24, 2.45) is 11.3 Å². The van der Waals surface area contributed by atoms with Gasteiger partial charge in [0.25, 0.3) is 0 Å². The van der Waals surface area contributed by atoms with Crippen LogP contribution < -0.4 is 5.32 Å². The van der Waals surface area contributed by atoms with Crippen molar-refractivity contribution in [1.82, 2.24) is 10.2 Å². The van der Waals surface area contributed by atoms with Crippen LogP contribution in [0.4, 0.5) is 4.79 Å². The lowest BCUT2D eigenvalue weighted by Crippen LogP contribution is -2.47. The maximum absolute atomic E-state index is 12.0. The van der Waals surface area contributed by atoms with Gasteiger partial charge in [0.1, 0.15) is 6.04 Å². The maximum Gasteiger partial charge on any atom is 0.325 e. The Labute approximate surface area is 115 Å². The summed E-state index contributed by atoms with van der Waals surface area (Å²) in [5.41, 5.74) is 0.265. The monoisotopic (exact) mass is 270 g/mol. The Morgan fingerprint density at radius 3 is 2.42 bits per heavy atom. The van der Waals surface area contributed by atoms with E-state index in [4.69, 9.17) is 5.11 Å². The van der Waals surface area contributed by atoms with Crippen molar-refractivity contribution in [1.29, 1.82) is 0 Å². The van der Waals surface area contributed by atoms with Crippen LogP contribution in [0.5, 0.6) is 0 Å². The van der Waals surface area contributed by atoms with E-state index in [1.54, 1.807) is 4.90 Å². The molecule has 2 N–H and O–H groups in total. The quantitative estimate of drug-likeness (QED) is 0.809. The fourth-order valence-electron chi connectivity index (χ4n) is 2.50. The van der Waals surface area contributed by atoms with E-state index in [1.165, 1.54) is 6.92 Å². The minimum absolute atomic E-state index is 0.260. The predicted molar refractivity (Wildman–Crippen MR) is 74.0 cm³/mol. The number of amides is 2. The molecule has 0 aliphatic carbocycles. The van der Waals surface area contributed by atoms with E-state index < -0.39 is 12.0 Å². The third kappa shape index (κ3) is 4.73. The average Bonchev–Trinajstić information content (AvgIpc) is 2.53. The summed E-state index contributed by atoms with van der Waals surface area (Å²) in [6.45, 7) is 9.61. The minimum Gasteiger partial charge on any atom is -0.480 e. The molecule has 0 aromatic rings. The number of carboxylic acid groups (broad SMARTS) is 1. The number of carboxylic acids is 1. The van der Waals surface area contributed by atoms with Crippen LogP contribution in [0.1, 0.15) is 47.0 Å². The first kappa shape index (κ1) is 15.8. The number of carbonyl (C=O) groups is 2. The number of urea groups is 1. The number of hydrogen-bond donors (Lipinski definition) is 2. The van der Waals surface area contributed by atoms with Gasteiger partial charge in [0, 0.05) is 13.1 Å². The van der Waals surface area contributed by atoms with Gasteiger partial charge in [0.15, 0.2) is 0 Å². The molecule has 0 aromatic carbocycles. The molecule has 1 unspecified atom stereocenters. The second-order valence-corrected chi connectivity index (χ2v) is 6.49. The van der Waals surface area contributed by atoms with Gasteiger partial charge in [0.05, 0.1) is 0 Å². The molecule has 0 aromatic heterocycles. The highest BCUT2D eigenvalue weighted by Gasteiger charge is 2.29. The van der Waals surface area contributed by atoms with Crippen LogP contribution >= 0.6 is 0 Å². The smallest absolute Gasteiger partial charge is 0.325 e. The van der Waals surface area contributed by atoms with E-state index >= 15 is 0 Å². The molecule has 0 radical (unpaired) electrons. The Morgan fingerprint density at radius 1 is 1.26 bits per heavy atom. The summed E-state index contributed by atoms with van der Waals surface area (Å²) in [6, 6.07) is -1.10. The number of likely N-dealkylation sites (tertiary alicyclic amines) is 1. The number of hydrogen-bond acceptors (Lipinski definition) is 2. The Balaban J connectivity index is 2.53. The summed E-state index contributed by atoms with van der Waals surface area (Å²) in [4.78, 5) is 24.5. The molecular formula is C14H26N2O3. The van der Waals surface area contributed by atoms with Crippen LogP contribution in [0.25, 0.3) is 0 Å². The van der Waals surface area contributed by atoms with Crippen LogP contribution in [-0.4, -0.2) is 41.1 Å². The zero-order valence-electron chi connectivity index (χ0n) is 12.4. The Morgan fingerprint density at radius 2 is 1.89 bits per heavy atom. The van der Waals surface area contributed by atoms with Crippen molar-refractivity contribution in [3.05, 3.63) is 0 Å². The van der Waals surface area contributed by atoms with E-state index in [2.05, 4.69) is 26.1 Å². The number of aliphatic carboxylic acids is 1. The molecule has 1 rings (SSSR count). The van der Waals surface area contributed by atoms with E-state index in [0.29, 0.717) is 19.0 Å². The normalized spacial score (nSPS) is 22.5. The van der Waals surface area contributed by atoms with Crippen molar-refractivity contribution >= 4 is 12.0 Å². The third-order valence-corrected chi connectivity index (χ3v) is 3.95. The molecule has 0 bridgehead atoms. The van der Waals surface area contributed by atoms with Crippen LogP contribution in [0.3, 0.4) is 0 Å². The van der Waals surface area contributed by atoms with Crippen molar-refractivity contribution in [2.45, 2.75) is 53.0 Å². The van der Waals surface area contributed by atoms with Gasteiger partial charge in [-0.1, -0.05) is 20.8 Å². The Bertz CT molecular complexity index is 336. The number of nitrogens with zero attached hydrogens (tertiary/aromatic N) is 1. The third-order valence-electron chi connectivity index (χ3n) is 3.95. The van der Waals surface area contributed by atoms with Gasteiger partial charge in [-0.25, -0.2) is 4.79 Å². The molecule has 2 amide bonds. The number of nitrogens with one attached hydrogen (secondary N) is 1. The van der Waals surface area contributed by atoms with Crippen LogP contribution in [-0.2, 0) is 4.79 Å². The van der Waals surface area contributed by atoms with Gasteiger partial charge < -0.3 is 15.3 Å². The molecule has 1 fully saturated rings. The predicted octanol–water partition coefficient (Wildman–Crippen LogP) is 2.32. The molecular weight excluding hydrogens is 244 g/mol. The van der Waals surface area contributed by atoms with E-state index in [1.807, 2.05) is 0 Å². The van der Waals surface area contributed by atoms with Gasteiger partial charge in [-0.05, 0) is 37.5 Å².